The van der Waals surface area contributed by atoms with Crippen LogP contribution in [-0.2, 0) is 0 Å². The average Bonchev–Trinajstić information content (AvgIpc) is 2.92. The Morgan fingerprint density at radius 1 is 1.50 bits per heavy atom. The third-order valence-corrected chi connectivity index (χ3v) is 3.75. The molecule has 0 aromatic carbocycles. The molecule has 2 aromatic heterocycles. The van der Waals surface area contributed by atoms with E-state index in [0.29, 0.717) is 16.8 Å². The smallest absolute Gasteiger partial charge is 0.257 e. The van der Waals surface area contributed by atoms with E-state index in [2.05, 4.69) is 21.7 Å². The number of hydrogen-bond acceptors (Lipinski definition) is 4. The van der Waals surface area contributed by atoms with Gasteiger partial charge in [-0.3, -0.25) is 4.79 Å². The van der Waals surface area contributed by atoms with Gasteiger partial charge in [0.2, 0.25) is 0 Å². The Kier molecular flexibility index (Phi) is 4.70. The highest BCUT2D eigenvalue weighted by Gasteiger charge is 2.16. The highest BCUT2D eigenvalue weighted by molar-refractivity contribution is 7.07. The summed E-state index contributed by atoms with van der Waals surface area (Å²) in [7, 11) is 3.95. The van der Waals surface area contributed by atoms with Gasteiger partial charge in [0.1, 0.15) is 5.56 Å². The van der Waals surface area contributed by atoms with Crippen LogP contribution >= 0.6 is 11.3 Å². The number of nitrogens with zero attached hydrogens (tertiary/aromatic N) is 2. The molecule has 0 aliphatic heterocycles. The van der Waals surface area contributed by atoms with Gasteiger partial charge in [0, 0.05) is 12.6 Å². The molecular formula is C14H17N3O2S. The minimum Gasteiger partial charge on any atom is -0.619 e. The van der Waals surface area contributed by atoms with Gasteiger partial charge in [-0.1, -0.05) is 0 Å². The fraction of sp³-hybridized carbons (Fsp3) is 0.286. The molecule has 5 nitrogen and oxygen atoms in total. The molecule has 106 valence electrons. The lowest BCUT2D eigenvalue weighted by Gasteiger charge is -2.23. The van der Waals surface area contributed by atoms with Gasteiger partial charge in [-0.25, -0.2) is 0 Å². The van der Waals surface area contributed by atoms with Crippen LogP contribution in [-0.4, -0.2) is 31.4 Å². The number of pyridine rings is 1. The lowest BCUT2D eigenvalue weighted by molar-refractivity contribution is -0.605. The van der Waals surface area contributed by atoms with Crippen LogP contribution in [0.15, 0.2) is 41.4 Å². The summed E-state index contributed by atoms with van der Waals surface area (Å²) in [6.45, 7) is 0.496. The molecule has 2 rings (SSSR count). The Hall–Kier alpha value is -1.92. The van der Waals surface area contributed by atoms with Crippen molar-refractivity contribution in [3.05, 3.63) is 57.7 Å². The van der Waals surface area contributed by atoms with E-state index in [1.54, 1.807) is 23.5 Å². The van der Waals surface area contributed by atoms with Crippen molar-refractivity contribution in [3.8, 4) is 0 Å². The van der Waals surface area contributed by atoms with E-state index in [9.17, 15) is 10.0 Å². The van der Waals surface area contributed by atoms with Crippen molar-refractivity contribution in [2.75, 3.05) is 20.6 Å². The minimum atomic E-state index is -0.239. The number of carbonyl (C=O) groups excluding carboxylic acids is 1. The summed E-state index contributed by atoms with van der Waals surface area (Å²) in [6, 6.07) is 5.35. The molecule has 1 amide bonds. The first-order valence-corrected chi connectivity index (χ1v) is 7.18. The Labute approximate surface area is 122 Å². The van der Waals surface area contributed by atoms with E-state index >= 15 is 0 Å². The highest BCUT2D eigenvalue weighted by Crippen LogP contribution is 2.20. The first-order valence-electron chi connectivity index (χ1n) is 6.23. The fourth-order valence-electron chi connectivity index (χ4n) is 1.94. The lowest BCUT2D eigenvalue weighted by Crippen LogP contribution is -2.35. The number of thiophene rings is 1. The largest absolute Gasteiger partial charge is 0.619 e. The second kappa shape index (κ2) is 6.49. The quantitative estimate of drug-likeness (QED) is 0.669. The zero-order chi connectivity index (χ0) is 14.5. The minimum absolute atomic E-state index is 0.119. The summed E-state index contributed by atoms with van der Waals surface area (Å²) in [4.78, 5) is 14.1. The molecule has 0 fully saturated rings. The van der Waals surface area contributed by atoms with Crippen molar-refractivity contribution in [3.63, 3.8) is 0 Å². The van der Waals surface area contributed by atoms with Gasteiger partial charge in [0.25, 0.3) is 5.91 Å². The van der Waals surface area contributed by atoms with Crippen molar-refractivity contribution < 1.29 is 9.52 Å². The van der Waals surface area contributed by atoms with Crippen molar-refractivity contribution in [2.45, 2.75) is 6.04 Å². The number of likely N-dealkylation sites (N-methyl/N-ethyl adjacent to an activating group) is 1. The first-order chi connectivity index (χ1) is 9.58. The van der Waals surface area contributed by atoms with Gasteiger partial charge in [-0.15, -0.1) is 0 Å². The predicted octanol–water partition coefficient (Wildman–Crippen LogP) is 1.41. The summed E-state index contributed by atoms with van der Waals surface area (Å²) in [6.07, 6.45) is 2.62. The molecule has 0 saturated heterocycles. The summed E-state index contributed by atoms with van der Waals surface area (Å²) >= 11 is 1.63. The molecule has 1 N–H and O–H groups in total. The number of nitrogens with one attached hydrogen (secondary N) is 1. The number of rotatable bonds is 5. The number of carbonyl (C=O) groups is 1. The van der Waals surface area contributed by atoms with Crippen LogP contribution in [0.3, 0.4) is 0 Å². The molecular weight excluding hydrogens is 274 g/mol. The fourth-order valence-corrected chi connectivity index (χ4v) is 2.65. The van der Waals surface area contributed by atoms with Crippen molar-refractivity contribution in [1.29, 1.82) is 0 Å². The van der Waals surface area contributed by atoms with Gasteiger partial charge in [0.15, 0.2) is 12.4 Å². The van der Waals surface area contributed by atoms with Crippen LogP contribution in [0.1, 0.15) is 22.0 Å². The van der Waals surface area contributed by atoms with Crippen LogP contribution in [0.25, 0.3) is 0 Å². The molecule has 1 atom stereocenters. The Bertz CT molecular complexity index is 570. The van der Waals surface area contributed by atoms with Crippen LogP contribution < -0.4 is 10.0 Å². The molecule has 0 aliphatic carbocycles. The molecule has 1 unspecified atom stereocenters. The maximum atomic E-state index is 12.0. The third kappa shape index (κ3) is 3.55. The zero-order valence-electron chi connectivity index (χ0n) is 11.4. The molecule has 0 spiro atoms. The van der Waals surface area contributed by atoms with E-state index in [4.69, 9.17) is 0 Å². The van der Waals surface area contributed by atoms with Crippen LogP contribution in [0.4, 0.5) is 0 Å². The van der Waals surface area contributed by atoms with Crippen molar-refractivity contribution in [2.24, 2.45) is 0 Å². The van der Waals surface area contributed by atoms with E-state index in [1.807, 2.05) is 19.5 Å². The Morgan fingerprint density at radius 3 is 2.90 bits per heavy atom. The molecule has 0 aliphatic rings. The van der Waals surface area contributed by atoms with Crippen molar-refractivity contribution >= 4 is 17.2 Å². The van der Waals surface area contributed by atoms with Gasteiger partial charge in [-0.05, 0) is 42.6 Å². The maximum absolute atomic E-state index is 12.0. The third-order valence-electron chi connectivity index (χ3n) is 3.04. The Balaban J connectivity index is 2.01. The molecule has 20 heavy (non-hydrogen) atoms. The van der Waals surface area contributed by atoms with E-state index < -0.39 is 0 Å². The number of amides is 1. The lowest BCUT2D eigenvalue weighted by atomic mass is 10.1. The average molecular weight is 291 g/mol. The predicted molar refractivity (Wildman–Crippen MR) is 78.5 cm³/mol. The number of aromatic nitrogens is 1. The molecule has 2 heterocycles. The van der Waals surface area contributed by atoms with Gasteiger partial charge < -0.3 is 15.4 Å². The Morgan fingerprint density at radius 2 is 2.30 bits per heavy atom. The van der Waals surface area contributed by atoms with E-state index in [0.717, 1.165) is 0 Å². The molecule has 0 bridgehead atoms. The monoisotopic (exact) mass is 291 g/mol. The SMILES string of the molecule is CN(C)C(CNC(=O)c1ccc[n+]([O-])c1)c1ccsc1. The summed E-state index contributed by atoms with van der Waals surface area (Å²) < 4.78 is 0.622. The normalized spacial score (nSPS) is 12.3. The zero-order valence-corrected chi connectivity index (χ0v) is 12.3. The number of hydrogen-bond donors (Lipinski definition) is 1. The second-order valence-electron chi connectivity index (χ2n) is 4.70. The van der Waals surface area contributed by atoms with Crippen LogP contribution in [0.5, 0.6) is 0 Å². The summed E-state index contributed by atoms with van der Waals surface area (Å²) in [5.41, 5.74) is 1.54. The standard InChI is InChI=1S/C14H17N3O2S/c1-16(2)13(12-5-7-20-10-12)8-15-14(18)11-4-3-6-17(19)9-11/h3-7,9-10,13H,8H2,1-2H3,(H,15,18). The molecule has 0 radical (unpaired) electrons. The second-order valence-corrected chi connectivity index (χ2v) is 5.48. The topological polar surface area (TPSA) is 59.3 Å². The maximum Gasteiger partial charge on any atom is 0.257 e. The van der Waals surface area contributed by atoms with Gasteiger partial charge in [0.05, 0.1) is 6.04 Å². The van der Waals surface area contributed by atoms with Gasteiger partial charge in [-0.2, -0.15) is 16.1 Å². The van der Waals surface area contributed by atoms with Crippen LogP contribution in [0.2, 0.25) is 0 Å². The highest BCUT2D eigenvalue weighted by atomic mass is 32.1. The summed E-state index contributed by atoms with van der Waals surface area (Å²) in [5, 5.41) is 18.1. The molecule has 6 heteroatoms. The van der Waals surface area contributed by atoms with E-state index in [-0.39, 0.29) is 11.9 Å². The summed E-state index contributed by atoms with van der Waals surface area (Å²) in [5.74, 6) is -0.239. The van der Waals surface area contributed by atoms with E-state index in [1.165, 1.54) is 18.0 Å². The van der Waals surface area contributed by atoms with Crippen LogP contribution in [0, 0.1) is 5.21 Å². The molecule has 0 saturated carbocycles. The van der Waals surface area contributed by atoms with Gasteiger partial charge >= 0.3 is 0 Å². The van der Waals surface area contributed by atoms with Crippen molar-refractivity contribution in [1.82, 2.24) is 10.2 Å². The molecule has 2 aromatic rings. The first kappa shape index (κ1) is 14.5.